The van der Waals surface area contributed by atoms with Crippen molar-refractivity contribution in [2.75, 3.05) is 17.3 Å². The van der Waals surface area contributed by atoms with Gasteiger partial charge in [-0.2, -0.15) is 11.8 Å². The van der Waals surface area contributed by atoms with Crippen LogP contribution >= 0.6 is 11.8 Å². The second-order valence-electron chi connectivity index (χ2n) is 3.29. The lowest BCUT2D eigenvalue weighted by atomic mass is 10.3. The molecule has 0 radical (unpaired) electrons. The minimum atomic E-state index is -0.0219. The van der Waals surface area contributed by atoms with Crippen molar-refractivity contribution in [1.29, 1.82) is 0 Å². The first-order valence-corrected chi connectivity index (χ1v) is 6.31. The van der Waals surface area contributed by atoms with Crippen molar-refractivity contribution in [3.63, 3.8) is 0 Å². The highest BCUT2D eigenvalue weighted by Gasteiger charge is 2.03. The summed E-state index contributed by atoms with van der Waals surface area (Å²) in [6.45, 7) is 0. The Kier molecular flexibility index (Phi) is 3.71. The molecular weight excluding hydrogens is 238 g/mol. The molecule has 0 saturated heterocycles. The fraction of sp³-hybridized carbons (Fsp3) is 0.200. The van der Waals surface area contributed by atoms with Gasteiger partial charge in [-0.25, -0.2) is 4.68 Å². The van der Waals surface area contributed by atoms with Crippen LogP contribution in [0.3, 0.4) is 0 Å². The van der Waals surface area contributed by atoms with E-state index in [1.807, 2.05) is 30.5 Å². The minimum absolute atomic E-state index is 0.0219. The zero-order valence-electron chi connectivity index (χ0n) is 9.20. The first kappa shape index (κ1) is 11.6. The van der Waals surface area contributed by atoms with Crippen molar-refractivity contribution < 1.29 is 4.79 Å². The van der Waals surface area contributed by atoms with E-state index in [-0.39, 0.29) is 5.91 Å². The number of carbonyl (C=O) groups is 1. The molecule has 2 aromatic rings. The number of carbonyl (C=O) groups excluding carboxylic acids is 1. The Bertz CT molecular complexity index is 499. The van der Waals surface area contributed by atoms with E-state index < -0.39 is 0 Å². The van der Waals surface area contributed by atoms with Crippen LogP contribution in [-0.2, 0) is 4.79 Å². The highest BCUT2D eigenvalue weighted by atomic mass is 32.2. The highest BCUT2D eigenvalue weighted by molar-refractivity contribution is 7.99. The molecule has 6 nitrogen and oxygen atoms in total. The lowest BCUT2D eigenvalue weighted by Crippen LogP contribution is -2.13. The molecule has 0 saturated carbocycles. The van der Waals surface area contributed by atoms with E-state index in [0.717, 1.165) is 11.4 Å². The second kappa shape index (κ2) is 5.44. The predicted octanol–water partition coefficient (Wildman–Crippen LogP) is 0.964. The summed E-state index contributed by atoms with van der Waals surface area (Å²) in [7, 11) is 0. The molecular formula is C10H11N5OS. The van der Waals surface area contributed by atoms with Gasteiger partial charge in [-0.15, -0.1) is 5.10 Å². The third kappa shape index (κ3) is 3.04. The maximum Gasteiger partial charge on any atom is 0.234 e. The predicted molar refractivity (Wildman–Crippen MR) is 66.2 cm³/mol. The van der Waals surface area contributed by atoms with Gasteiger partial charge < -0.3 is 5.32 Å². The molecule has 0 bridgehead atoms. The van der Waals surface area contributed by atoms with Crippen molar-refractivity contribution >= 4 is 23.4 Å². The van der Waals surface area contributed by atoms with Crippen LogP contribution < -0.4 is 5.32 Å². The molecule has 1 heterocycles. The summed E-state index contributed by atoms with van der Waals surface area (Å²) in [6.07, 6.45) is 3.39. The molecule has 0 unspecified atom stereocenters. The van der Waals surface area contributed by atoms with Crippen LogP contribution in [0.5, 0.6) is 0 Å². The van der Waals surface area contributed by atoms with Gasteiger partial charge >= 0.3 is 0 Å². The molecule has 0 fully saturated rings. The molecule has 0 atom stereocenters. The maximum atomic E-state index is 11.4. The molecule has 0 aliphatic rings. The molecule has 0 aliphatic heterocycles. The Morgan fingerprint density at radius 2 is 2.41 bits per heavy atom. The highest BCUT2D eigenvalue weighted by Crippen LogP contribution is 2.13. The Morgan fingerprint density at radius 1 is 1.53 bits per heavy atom. The standard InChI is InChI=1S/C10H11N5OS/c1-17-6-10(16)12-8-3-2-4-9(5-8)15-7-11-13-14-15/h2-5,7H,6H2,1H3,(H,12,16). The van der Waals surface area contributed by atoms with Crippen molar-refractivity contribution in [3.05, 3.63) is 30.6 Å². The van der Waals surface area contributed by atoms with Gasteiger partial charge in [-0.05, 0) is 34.9 Å². The van der Waals surface area contributed by atoms with E-state index in [2.05, 4.69) is 20.8 Å². The average molecular weight is 249 g/mol. The first-order chi connectivity index (χ1) is 8.29. The normalized spacial score (nSPS) is 10.2. The maximum absolute atomic E-state index is 11.4. The minimum Gasteiger partial charge on any atom is -0.325 e. The second-order valence-corrected chi connectivity index (χ2v) is 4.15. The summed E-state index contributed by atoms with van der Waals surface area (Å²) < 4.78 is 1.53. The molecule has 17 heavy (non-hydrogen) atoms. The molecule has 0 aliphatic carbocycles. The number of benzene rings is 1. The van der Waals surface area contributed by atoms with E-state index in [9.17, 15) is 4.79 Å². The monoisotopic (exact) mass is 249 g/mol. The van der Waals surface area contributed by atoms with Gasteiger partial charge in [-0.1, -0.05) is 6.07 Å². The van der Waals surface area contributed by atoms with Crippen molar-refractivity contribution in [2.45, 2.75) is 0 Å². The fourth-order valence-corrected chi connectivity index (χ4v) is 1.67. The summed E-state index contributed by atoms with van der Waals surface area (Å²) >= 11 is 1.48. The van der Waals surface area contributed by atoms with Gasteiger partial charge in [0.05, 0.1) is 11.4 Å². The number of tetrazole rings is 1. The molecule has 1 N–H and O–H groups in total. The molecule has 2 rings (SSSR count). The SMILES string of the molecule is CSCC(=O)Nc1cccc(-n2cnnn2)c1. The van der Waals surface area contributed by atoms with Crippen LogP contribution in [0.15, 0.2) is 30.6 Å². The average Bonchev–Trinajstić information content (AvgIpc) is 2.83. The van der Waals surface area contributed by atoms with Gasteiger partial charge in [0.1, 0.15) is 6.33 Å². The number of anilines is 1. The van der Waals surface area contributed by atoms with Gasteiger partial charge in [0.2, 0.25) is 5.91 Å². The summed E-state index contributed by atoms with van der Waals surface area (Å²) in [5.74, 6) is 0.418. The summed E-state index contributed by atoms with van der Waals surface area (Å²) in [6, 6.07) is 7.34. The third-order valence-electron chi connectivity index (χ3n) is 2.02. The Morgan fingerprint density at radius 3 is 3.12 bits per heavy atom. The van der Waals surface area contributed by atoms with Crippen molar-refractivity contribution in [1.82, 2.24) is 20.2 Å². The number of nitrogens with zero attached hydrogens (tertiary/aromatic N) is 4. The number of thioether (sulfide) groups is 1. The Labute approximate surface area is 102 Å². The van der Waals surface area contributed by atoms with Crippen LogP contribution in [0.2, 0.25) is 0 Å². The number of nitrogens with one attached hydrogen (secondary N) is 1. The summed E-state index contributed by atoms with van der Waals surface area (Å²) in [5, 5.41) is 13.7. The topological polar surface area (TPSA) is 72.7 Å². The largest absolute Gasteiger partial charge is 0.325 e. The van der Waals surface area contributed by atoms with Gasteiger partial charge in [0.25, 0.3) is 0 Å². The van der Waals surface area contributed by atoms with Gasteiger partial charge in [0, 0.05) is 5.69 Å². The van der Waals surface area contributed by atoms with Crippen molar-refractivity contribution in [2.24, 2.45) is 0 Å². The van der Waals surface area contributed by atoms with E-state index in [1.165, 1.54) is 22.8 Å². The molecule has 1 aromatic carbocycles. The quantitative estimate of drug-likeness (QED) is 0.873. The van der Waals surface area contributed by atoms with E-state index >= 15 is 0 Å². The van der Waals surface area contributed by atoms with E-state index in [0.29, 0.717) is 5.75 Å². The van der Waals surface area contributed by atoms with Gasteiger partial charge in [0.15, 0.2) is 0 Å². The lowest BCUT2D eigenvalue weighted by molar-refractivity contribution is -0.113. The summed E-state index contributed by atoms with van der Waals surface area (Å²) in [5.41, 5.74) is 1.54. The van der Waals surface area contributed by atoms with Crippen LogP contribution in [0.4, 0.5) is 5.69 Å². The molecule has 88 valence electrons. The van der Waals surface area contributed by atoms with E-state index in [4.69, 9.17) is 0 Å². The number of amides is 1. The van der Waals surface area contributed by atoms with Gasteiger partial charge in [-0.3, -0.25) is 4.79 Å². The third-order valence-corrected chi connectivity index (χ3v) is 2.57. The molecule has 1 amide bonds. The van der Waals surface area contributed by atoms with Crippen LogP contribution in [-0.4, -0.2) is 38.1 Å². The summed E-state index contributed by atoms with van der Waals surface area (Å²) in [4.78, 5) is 11.4. The number of rotatable bonds is 4. The smallest absolute Gasteiger partial charge is 0.234 e. The van der Waals surface area contributed by atoms with Crippen molar-refractivity contribution in [3.8, 4) is 5.69 Å². The lowest BCUT2D eigenvalue weighted by Gasteiger charge is -2.05. The molecule has 1 aromatic heterocycles. The fourth-order valence-electron chi connectivity index (χ4n) is 1.33. The number of hydrogen-bond acceptors (Lipinski definition) is 5. The first-order valence-electron chi connectivity index (χ1n) is 4.92. The zero-order valence-corrected chi connectivity index (χ0v) is 10.0. The van der Waals surface area contributed by atoms with E-state index in [1.54, 1.807) is 0 Å². The van der Waals surface area contributed by atoms with Crippen LogP contribution in [0, 0.1) is 0 Å². The zero-order chi connectivity index (χ0) is 12.1. The molecule has 0 spiro atoms. The van der Waals surface area contributed by atoms with Crippen LogP contribution in [0.25, 0.3) is 5.69 Å². The van der Waals surface area contributed by atoms with Crippen LogP contribution in [0.1, 0.15) is 0 Å². The number of aromatic nitrogens is 4. The Balaban J connectivity index is 2.15. The molecule has 7 heteroatoms. The number of hydrogen-bond donors (Lipinski definition) is 1. The Hall–Kier alpha value is -1.89.